The van der Waals surface area contributed by atoms with Crippen molar-refractivity contribution < 1.29 is 4.79 Å². The molecule has 4 aliphatic carbocycles. The zero-order valence-electron chi connectivity index (χ0n) is 12.8. The van der Waals surface area contributed by atoms with E-state index in [4.69, 9.17) is 0 Å². The molecule has 0 saturated heterocycles. The molecule has 110 valence electrons. The summed E-state index contributed by atoms with van der Waals surface area (Å²) in [6.07, 6.45) is 18.1. The van der Waals surface area contributed by atoms with E-state index in [0.717, 1.165) is 24.2 Å². The first kappa shape index (κ1) is 13.1. The first-order valence-corrected chi connectivity index (χ1v) is 8.84. The van der Waals surface area contributed by atoms with Crippen LogP contribution in [0.5, 0.6) is 0 Å². The molecule has 3 fully saturated rings. The Labute approximate surface area is 123 Å². The second-order valence-corrected chi connectivity index (χ2v) is 8.31. The molecule has 1 heteroatoms. The molecule has 4 rings (SSSR count). The van der Waals surface area contributed by atoms with Gasteiger partial charge in [0.2, 0.25) is 0 Å². The molecule has 0 aliphatic heterocycles. The standard InChI is InChI=1S/C19H28O/c1-18-10-3-2-5-14(18)7-8-15-16(18)9-12-19(13-20)11-4-6-17(15)19/h4,11,13-17H,2-3,5-10,12H2,1H3/t14?,15-,16+,17+,18+,19+/m1/s1. The SMILES string of the molecule is C[C@]12CCCCC1CC[C@H]1[C@@H]3CC=C[C@@]3(C=O)CC[C@@H]12. The van der Waals surface area contributed by atoms with Gasteiger partial charge in [-0.25, -0.2) is 0 Å². The molecule has 1 unspecified atom stereocenters. The largest absolute Gasteiger partial charge is 0.302 e. The zero-order valence-corrected chi connectivity index (χ0v) is 12.8. The van der Waals surface area contributed by atoms with Gasteiger partial charge in [0.25, 0.3) is 0 Å². The van der Waals surface area contributed by atoms with Crippen LogP contribution in [-0.4, -0.2) is 6.29 Å². The fourth-order valence-electron chi connectivity index (χ4n) is 6.71. The van der Waals surface area contributed by atoms with Crippen molar-refractivity contribution in [2.24, 2.45) is 34.5 Å². The summed E-state index contributed by atoms with van der Waals surface area (Å²) in [6, 6.07) is 0. The Balaban J connectivity index is 1.66. The number of carbonyl (C=O) groups excluding carboxylic acids is 1. The van der Waals surface area contributed by atoms with Gasteiger partial charge in [-0.3, -0.25) is 0 Å². The lowest BCUT2D eigenvalue weighted by molar-refractivity contribution is -0.130. The fraction of sp³-hybridized carbons (Fsp3) is 0.842. The van der Waals surface area contributed by atoms with Crippen molar-refractivity contribution in [1.29, 1.82) is 0 Å². The van der Waals surface area contributed by atoms with E-state index >= 15 is 0 Å². The van der Waals surface area contributed by atoms with Crippen LogP contribution in [0, 0.1) is 34.5 Å². The van der Waals surface area contributed by atoms with Crippen molar-refractivity contribution in [3.05, 3.63) is 12.2 Å². The van der Waals surface area contributed by atoms with E-state index in [2.05, 4.69) is 19.1 Å². The summed E-state index contributed by atoms with van der Waals surface area (Å²) in [6.45, 7) is 2.60. The van der Waals surface area contributed by atoms with E-state index in [1.807, 2.05) is 0 Å². The van der Waals surface area contributed by atoms with Gasteiger partial charge in [-0.1, -0.05) is 31.9 Å². The van der Waals surface area contributed by atoms with Gasteiger partial charge < -0.3 is 4.79 Å². The number of aldehydes is 1. The maximum Gasteiger partial charge on any atom is 0.130 e. The highest BCUT2D eigenvalue weighted by Crippen LogP contribution is 2.64. The second kappa shape index (κ2) is 4.45. The van der Waals surface area contributed by atoms with E-state index in [0.29, 0.717) is 11.3 Å². The van der Waals surface area contributed by atoms with Gasteiger partial charge in [-0.2, -0.15) is 0 Å². The highest BCUT2D eigenvalue weighted by Gasteiger charge is 2.57. The van der Waals surface area contributed by atoms with Crippen LogP contribution in [0.2, 0.25) is 0 Å². The molecule has 0 aromatic rings. The molecule has 0 amide bonds. The van der Waals surface area contributed by atoms with Gasteiger partial charge >= 0.3 is 0 Å². The lowest BCUT2D eigenvalue weighted by Gasteiger charge is -2.59. The summed E-state index contributed by atoms with van der Waals surface area (Å²) >= 11 is 0. The minimum atomic E-state index is -0.0704. The Bertz CT molecular complexity index is 439. The van der Waals surface area contributed by atoms with Crippen LogP contribution >= 0.6 is 0 Å². The summed E-state index contributed by atoms with van der Waals surface area (Å²) in [5.74, 6) is 3.34. The maximum atomic E-state index is 11.7. The third-order valence-corrected chi connectivity index (χ3v) is 7.80. The van der Waals surface area contributed by atoms with Gasteiger partial charge in [0, 0.05) is 5.41 Å². The number of hydrogen-bond donors (Lipinski definition) is 0. The van der Waals surface area contributed by atoms with Crippen molar-refractivity contribution >= 4 is 6.29 Å². The van der Waals surface area contributed by atoms with Crippen molar-refractivity contribution in [1.82, 2.24) is 0 Å². The average molecular weight is 272 g/mol. The Hall–Kier alpha value is -0.590. The van der Waals surface area contributed by atoms with E-state index in [9.17, 15) is 4.79 Å². The van der Waals surface area contributed by atoms with E-state index in [1.54, 1.807) is 0 Å². The molecular formula is C19H28O. The quantitative estimate of drug-likeness (QED) is 0.496. The molecule has 6 atom stereocenters. The second-order valence-electron chi connectivity index (χ2n) is 8.31. The van der Waals surface area contributed by atoms with Crippen LogP contribution < -0.4 is 0 Å². The molecule has 0 aromatic heterocycles. The minimum Gasteiger partial charge on any atom is -0.302 e. The third kappa shape index (κ3) is 1.58. The van der Waals surface area contributed by atoms with Crippen molar-refractivity contribution in [3.8, 4) is 0 Å². The summed E-state index contributed by atoms with van der Waals surface area (Å²) in [4.78, 5) is 11.7. The highest BCUT2D eigenvalue weighted by atomic mass is 16.1. The Morgan fingerprint density at radius 2 is 1.95 bits per heavy atom. The molecule has 4 aliphatic rings. The van der Waals surface area contributed by atoms with Gasteiger partial charge in [0.05, 0.1) is 0 Å². The molecule has 0 aromatic carbocycles. The zero-order chi connectivity index (χ0) is 13.8. The topological polar surface area (TPSA) is 17.1 Å². The van der Waals surface area contributed by atoms with Crippen molar-refractivity contribution in [3.63, 3.8) is 0 Å². The first-order chi connectivity index (χ1) is 9.70. The van der Waals surface area contributed by atoms with Crippen LogP contribution in [0.25, 0.3) is 0 Å². The molecule has 20 heavy (non-hydrogen) atoms. The lowest BCUT2D eigenvalue weighted by Crippen LogP contribution is -2.52. The normalized spacial score (nSPS) is 53.9. The number of hydrogen-bond acceptors (Lipinski definition) is 1. The molecule has 1 nitrogen and oxygen atoms in total. The third-order valence-electron chi connectivity index (χ3n) is 7.80. The minimum absolute atomic E-state index is 0.0704. The van der Waals surface area contributed by atoms with Gasteiger partial charge in [0.1, 0.15) is 6.29 Å². The molecule has 0 radical (unpaired) electrons. The van der Waals surface area contributed by atoms with Gasteiger partial charge in [-0.15, -0.1) is 0 Å². The molecule has 0 N–H and O–H groups in total. The van der Waals surface area contributed by atoms with Crippen LogP contribution in [-0.2, 0) is 4.79 Å². The van der Waals surface area contributed by atoms with Gasteiger partial charge in [-0.05, 0) is 74.0 Å². The first-order valence-electron chi connectivity index (χ1n) is 8.84. The predicted molar refractivity (Wildman–Crippen MR) is 81.3 cm³/mol. The molecular weight excluding hydrogens is 244 g/mol. The average Bonchev–Trinajstić information content (AvgIpc) is 2.91. The van der Waals surface area contributed by atoms with E-state index in [-0.39, 0.29) is 5.41 Å². The molecule has 0 heterocycles. The summed E-state index contributed by atoms with van der Waals surface area (Å²) in [5, 5.41) is 0. The van der Waals surface area contributed by atoms with E-state index < -0.39 is 0 Å². The summed E-state index contributed by atoms with van der Waals surface area (Å²) in [5.41, 5.74) is 0.526. The van der Waals surface area contributed by atoms with Gasteiger partial charge in [0.15, 0.2) is 0 Å². The summed E-state index contributed by atoms with van der Waals surface area (Å²) < 4.78 is 0. The number of rotatable bonds is 1. The Morgan fingerprint density at radius 1 is 1.05 bits per heavy atom. The monoisotopic (exact) mass is 272 g/mol. The van der Waals surface area contributed by atoms with Crippen molar-refractivity contribution in [2.75, 3.05) is 0 Å². The fourth-order valence-corrected chi connectivity index (χ4v) is 6.71. The van der Waals surface area contributed by atoms with E-state index in [1.165, 1.54) is 57.7 Å². The Kier molecular flexibility index (Phi) is 2.91. The summed E-state index contributed by atoms with van der Waals surface area (Å²) in [7, 11) is 0. The smallest absolute Gasteiger partial charge is 0.130 e. The predicted octanol–water partition coefficient (Wildman–Crippen LogP) is 4.76. The van der Waals surface area contributed by atoms with Crippen LogP contribution in [0.4, 0.5) is 0 Å². The number of carbonyl (C=O) groups is 1. The highest BCUT2D eigenvalue weighted by molar-refractivity contribution is 5.65. The molecule has 0 bridgehead atoms. The Morgan fingerprint density at radius 3 is 2.80 bits per heavy atom. The number of fused-ring (bicyclic) bond motifs is 5. The molecule has 0 spiro atoms. The lowest BCUT2D eigenvalue weighted by atomic mass is 9.45. The van der Waals surface area contributed by atoms with Crippen LogP contribution in [0.3, 0.4) is 0 Å². The van der Waals surface area contributed by atoms with Crippen LogP contribution in [0.1, 0.15) is 64.7 Å². The number of allylic oxidation sites excluding steroid dienone is 2. The van der Waals surface area contributed by atoms with Crippen LogP contribution in [0.15, 0.2) is 12.2 Å². The molecule has 3 saturated carbocycles. The maximum absolute atomic E-state index is 11.7. The van der Waals surface area contributed by atoms with Crippen molar-refractivity contribution in [2.45, 2.75) is 64.7 Å².